The van der Waals surface area contributed by atoms with Gasteiger partial charge in [0.05, 0.1) is 16.3 Å². The normalized spacial score (nSPS) is 13.4. The van der Waals surface area contributed by atoms with Crippen molar-refractivity contribution in [2.75, 3.05) is 18.4 Å². The van der Waals surface area contributed by atoms with Gasteiger partial charge in [-0.25, -0.2) is 0 Å². The summed E-state index contributed by atoms with van der Waals surface area (Å²) in [5.41, 5.74) is -3.12. The fourth-order valence-electron chi connectivity index (χ4n) is 2.57. The van der Waals surface area contributed by atoms with Crippen LogP contribution in [0.3, 0.4) is 0 Å². The van der Waals surface area contributed by atoms with E-state index in [2.05, 4.69) is 0 Å². The first-order valence-corrected chi connectivity index (χ1v) is 10.6. The summed E-state index contributed by atoms with van der Waals surface area (Å²) in [6.07, 6.45) is -5.14. The quantitative estimate of drug-likeness (QED) is 0.577. The molecule has 1 atom stereocenters. The van der Waals surface area contributed by atoms with Crippen molar-refractivity contribution in [1.82, 2.24) is 4.90 Å². The maximum atomic E-state index is 12.8. The minimum Gasteiger partial charge on any atom is -0.373 e. The number of anilines is 1. The van der Waals surface area contributed by atoms with E-state index in [1.54, 1.807) is 35.2 Å². The lowest BCUT2D eigenvalue weighted by atomic mass is 10.1. The molecule has 0 bridgehead atoms. The lowest BCUT2D eigenvalue weighted by molar-refractivity contribution is -0.242. The van der Waals surface area contributed by atoms with E-state index >= 15 is 0 Å². The molecule has 0 heterocycles. The van der Waals surface area contributed by atoms with Gasteiger partial charge in [-0.05, 0) is 51.1 Å². The Morgan fingerprint density at radius 3 is 2.29 bits per heavy atom. The van der Waals surface area contributed by atoms with Crippen molar-refractivity contribution < 1.29 is 27.9 Å². The van der Waals surface area contributed by atoms with Gasteiger partial charge in [0.1, 0.15) is 0 Å². The van der Waals surface area contributed by atoms with Crippen LogP contribution in [-0.4, -0.2) is 46.7 Å². The molecule has 168 valence electrons. The van der Waals surface area contributed by atoms with E-state index in [1.165, 1.54) is 23.9 Å². The Morgan fingerprint density at radius 1 is 1.13 bits per heavy atom. The van der Waals surface area contributed by atoms with Crippen molar-refractivity contribution in [3.05, 3.63) is 53.1 Å². The third kappa shape index (κ3) is 5.72. The summed E-state index contributed by atoms with van der Waals surface area (Å²) < 4.78 is 38.5. The summed E-state index contributed by atoms with van der Waals surface area (Å²) in [5, 5.41) is 11.5. The van der Waals surface area contributed by atoms with Gasteiger partial charge >= 0.3 is 6.18 Å². The number of rotatable bonds is 7. The SMILES string of the molecule is CCN(CC)C(=O)c1ccccc1Sc1ccc(NC(=O)C(C)(O)C(F)(F)F)c(Cl)c1. The monoisotopic (exact) mass is 474 g/mol. The number of nitrogens with zero attached hydrogens (tertiary/aromatic N) is 1. The predicted molar refractivity (Wildman–Crippen MR) is 115 cm³/mol. The van der Waals surface area contributed by atoms with Crippen LogP contribution in [0.4, 0.5) is 18.9 Å². The molecule has 2 rings (SSSR count). The highest BCUT2D eigenvalue weighted by molar-refractivity contribution is 7.99. The Labute approximate surface area is 187 Å². The van der Waals surface area contributed by atoms with Crippen molar-refractivity contribution >= 4 is 40.9 Å². The van der Waals surface area contributed by atoms with Gasteiger partial charge < -0.3 is 15.3 Å². The Bertz CT molecular complexity index is 963. The Balaban J connectivity index is 2.24. The number of halogens is 4. The van der Waals surface area contributed by atoms with Gasteiger partial charge in [-0.2, -0.15) is 13.2 Å². The molecule has 0 aliphatic heterocycles. The third-order valence-corrected chi connectivity index (χ3v) is 5.96. The van der Waals surface area contributed by atoms with Gasteiger partial charge in [0.25, 0.3) is 11.8 Å². The van der Waals surface area contributed by atoms with E-state index in [4.69, 9.17) is 11.6 Å². The summed E-state index contributed by atoms with van der Waals surface area (Å²) in [6.45, 7) is 5.27. The number of carbonyl (C=O) groups excluding carboxylic acids is 2. The van der Waals surface area contributed by atoms with Crippen molar-refractivity contribution in [3.63, 3.8) is 0 Å². The maximum absolute atomic E-state index is 12.8. The summed E-state index contributed by atoms with van der Waals surface area (Å²) in [4.78, 5) is 27.6. The number of hydrogen-bond donors (Lipinski definition) is 2. The molecule has 31 heavy (non-hydrogen) atoms. The third-order valence-electron chi connectivity index (χ3n) is 4.58. The minimum atomic E-state index is -5.14. The van der Waals surface area contributed by atoms with Crippen LogP contribution in [-0.2, 0) is 4.79 Å². The molecule has 0 spiro atoms. The van der Waals surface area contributed by atoms with E-state index in [1.807, 2.05) is 19.2 Å². The zero-order valence-electron chi connectivity index (χ0n) is 17.1. The molecule has 10 heteroatoms. The van der Waals surface area contributed by atoms with Gasteiger partial charge in [-0.15, -0.1) is 0 Å². The number of aliphatic hydroxyl groups is 1. The molecular formula is C21H22ClF3N2O3S. The zero-order chi connectivity index (χ0) is 23.4. The van der Waals surface area contributed by atoms with Crippen LogP contribution in [0.2, 0.25) is 5.02 Å². The van der Waals surface area contributed by atoms with Crippen molar-refractivity contribution in [2.45, 2.75) is 42.3 Å². The van der Waals surface area contributed by atoms with Crippen LogP contribution in [0.25, 0.3) is 0 Å². The fourth-order valence-corrected chi connectivity index (χ4v) is 3.85. The highest BCUT2D eigenvalue weighted by atomic mass is 35.5. The van der Waals surface area contributed by atoms with Gasteiger partial charge in [0.2, 0.25) is 5.60 Å². The predicted octanol–water partition coefficient (Wildman–Crippen LogP) is 5.23. The molecule has 0 saturated carbocycles. The number of hydrogen-bond acceptors (Lipinski definition) is 4. The van der Waals surface area contributed by atoms with Crippen molar-refractivity contribution in [1.29, 1.82) is 0 Å². The summed E-state index contributed by atoms with van der Waals surface area (Å²) >= 11 is 7.39. The van der Waals surface area contributed by atoms with Crippen molar-refractivity contribution in [3.8, 4) is 0 Å². The smallest absolute Gasteiger partial charge is 0.373 e. The number of amides is 2. The van der Waals surface area contributed by atoms with E-state index in [9.17, 15) is 27.9 Å². The first-order valence-electron chi connectivity index (χ1n) is 9.38. The van der Waals surface area contributed by atoms with Crippen LogP contribution in [0.5, 0.6) is 0 Å². The Kier molecular flexibility index (Phi) is 8.02. The molecule has 2 aromatic rings. The first kappa shape index (κ1) is 25.0. The second-order valence-corrected chi connectivity index (χ2v) is 8.26. The number of benzene rings is 2. The highest BCUT2D eigenvalue weighted by Gasteiger charge is 2.55. The van der Waals surface area contributed by atoms with E-state index in [-0.39, 0.29) is 16.6 Å². The summed E-state index contributed by atoms with van der Waals surface area (Å²) in [5.74, 6) is -1.75. The van der Waals surface area contributed by atoms with Crippen molar-refractivity contribution in [2.24, 2.45) is 0 Å². The zero-order valence-corrected chi connectivity index (χ0v) is 18.7. The van der Waals surface area contributed by atoms with Crippen LogP contribution < -0.4 is 5.32 Å². The average Bonchev–Trinajstić information content (AvgIpc) is 2.70. The Morgan fingerprint density at radius 2 is 1.74 bits per heavy atom. The molecular weight excluding hydrogens is 453 g/mol. The maximum Gasteiger partial charge on any atom is 0.426 e. The molecule has 0 saturated heterocycles. The molecule has 2 amide bonds. The minimum absolute atomic E-state index is 0.0103. The van der Waals surface area contributed by atoms with E-state index in [0.717, 1.165) is 0 Å². The molecule has 5 nitrogen and oxygen atoms in total. The molecule has 2 N–H and O–H groups in total. The highest BCUT2D eigenvalue weighted by Crippen LogP contribution is 2.36. The van der Waals surface area contributed by atoms with Crippen LogP contribution in [0.1, 0.15) is 31.1 Å². The summed E-state index contributed by atoms with van der Waals surface area (Å²) in [7, 11) is 0. The second-order valence-electron chi connectivity index (χ2n) is 6.74. The fraction of sp³-hybridized carbons (Fsp3) is 0.333. The van der Waals surface area contributed by atoms with Gasteiger partial charge in [0, 0.05) is 22.9 Å². The number of carbonyl (C=O) groups is 2. The number of nitrogens with one attached hydrogen (secondary N) is 1. The standard InChI is InChI=1S/C21H22ClF3N2O3S/c1-4-27(5-2)18(28)14-8-6-7-9-17(14)31-13-10-11-16(15(22)12-13)26-19(29)20(3,30)21(23,24)25/h6-12,30H,4-5H2,1-3H3,(H,26,29). The largest absolute Gasteiger partial charge is 0.426 e. The molecule has 0 radical (unpaired) electrons. The van der Waals surface area contributed by atoms with Gasteiger partial charge in [0.15, 0.2) is 0 Å². The molecule has 1 unspecified atom stereocenters. The van der Waals surface area contributed by atoms with Gasteiger partial charge in [-0.1, -0.05) is 35.5 Å². The molecule has 0 fully saturated rings. The van der Waals surface area contributed by atoms with E-state index in [0.29, 0.717) is 35.4 Å². The first-order chi connectivity index (χ1) is 14.4. The number of alkyl halides is 3. The molecule has 0 aliphatic carbocycles. The lowest BCUT2D eigenvalue weighted by Gasteiger charge is -2.25. The topological polar surface area (TPSA) is 69.6 Å². The van der Waals surface area contributed by atoms with Crippen LogP contribution >= 0.6 is 23.4 Å². The lowest BCUT2D eigenvalue weighted by Crippen LogP contribution is -2.52. The summed E-state index contributed by atoms with van der Waals surface area (Å²) in [6, 6.07) is 11.4. The molecule has 2 aromatic carbocycles. The van der Waals surface area contributed by atoms with Crippen LogP contribution in [0.15, 0.2) is 52.3 Å². The molecule has 0 aliphatic rings. The van der Waals surface area contributed by atoms with Gasteiger partial charge in [-0.3, -0.25) is 9.59 Å². The second kappa shape index (κ2) is 9.93. The average molecular weight is 475 g/mol. The van der Waals surface area contributed by atoms with Crippen LogP contribution in [0, 0.1) is 0 Å². The molecule has 0 aromatic heterocycles. The Hall–Kier alpha value is -2.23. The van der Waals surface area contributed by atoms with E-state index < -0.39 is 17.7 Å².